The maximum absolute atomic E-state index is 12.8. The fourth-order valence-corrected chi connectivity index (χ4v) is 1.13. The zero-order valence-electron chi connectivity index (χ0n) is 9.56. The van der Waals surface area contributed by atoms with Crippen molar-refractivity contribution in [2.75, 3.05) is 0 Å². The predicted molar refractivity (Wildman–Crippen MR) is 46.0 cm³/mol. The van der Waals surface area contributed by atoms with E-state index in [4.69, 9.17) is 0 Å². The summed E-state index contributed by atoms with van der Waals surface area (Å²) in [5, 5.41) is 0. The minimum absolute atomic E-state index is 0.0789. The van der Waals surface area contributed by atoms with Gasteiger partial charge >= 0.3 is 24.5 Å². The molecule has 0 unspecified atom stereocenters. The molecule has 0 aromatic heterocycles. The lowest BCUT2D eigenvalue weighted by atomic mass is 9.97. The predicted octanol–water partition coefficient (Wildman–Crippen LogP) is 5.11. The molecule has 0 N–H and O–H groups in total. The monoisotopic (exact) mass is 338 g/mol. The summed E-state index contributed by atoms with van der Waals surface area (Å²) >= 11 is 0. The lowest BCUT2D eigenvalue weighted by molar-refractivity contribution is -0.432. The van der Waals surface area contributed by atoms with Crippen molar-refractivity contribution in [3.63, 3.8) is 0 Å². The van der Waals surface area contributed by atoms with E-state index >= 15 is 0 Å². The highest BCUT2D eigenvalue weighted by atomic mass is 19.4. The molecular formula is C9H5F11O. The van der Waals surface area contributed by atoms with E-state index in [1.165, 1.54) is 0 Å². The van der Waals surface area contributed by atoms with Gasteiger partial charge in [-0.05, 0) is 0 Å². The maximum Gasteiger partial charge on any atom is 0.427 e. The Morgan fingerprint density at radius 2 is 1.24 bits per heavy atom. The van der Waals surface area contributed by atoms with Gasteiger partial charge in [0.15, 0.2) is 0 Å². The third-order valence-corrected chi connectivity index (χ3v) is 2.07. The zero-order valence-corrected chi connectivity index (χ0v) is 9.56. The molecule has 1 nitrogen and oxygen atoms in total. The molecule has 0 atom stereocenters. The Morgan fingerprint density at radius 1 is 0.857 bits per heavy atom. The molecule has 0 spiro atoms. The molecule has 0 saturated carbocycles. The molecule has 12 heteroatoms. The second-order valence-electron chi connectivity index (χ2n) is 3.51. The van der Waals surface area contributed by atoms with Gasteiger partial charge in [-0.1, -0.05) is 6.08 Å². The first kappa shape index (κ1) is 19.7. The fourth-order valence-electron chi connectivity index (χ4n) is 1.13. The molecular weight excluding hydrogens is 333 g/mol. The Morgan fingerprint density at radius 3 is 1.48 bits per heavy atom. The number of ether oxygens (including phenoxy) is 1. The Labute approximate surface area is 109 Å². The number of rotatable bonds is 5. The summed E-state index contributed by atoms with van der Waals surface area (Å²) in [7, 11) is 0. The van der Waals surface area contributed by atoms with Gasteiger partial charge in [0.05, 0.1) is 0 Å². The molecule has 0 aromatic carbocycles. The average molecular weight is 338 g/mol. The Bertz CT molecular complexity index is 398. The third kappa shape index (κ3) is 3.86. The Kier molecular flexibility index (Phi) is 5.44. The summed E-state index contributed by atoms with van der Waals surface area (Å²) in [4.78, 5) is 0. The van der Waals surface area contributed by atoms with Crippen LogP contribution in [-0.4, -0.2) is 24.1 Å². The van der Waals surface area contributed by atoms with Crippen molar-refractivity contribution in [1.82, 2.24) is 0 Å². The van der Waals surface area contributed by atoms with Crippen LogP contribution >= 0.6 is 0 Å². The summed E-state index contributed by atoms with van der Waals surface area (Å²) < 4.78 is 139. The number of halogens is 11. The molecule has 21 heavy (non-hydrogen) atoms. The van der Waals surface area contributed by atoms with Crippen molar-refractivity contribution in [3.05, 3.63) is 24.6 Å². The molecule has 0 radical (unpaired) electrons. The van der Waals surface area contributed by atoms with Gasteiger partial charge in [-0.3, -0.25) is 4.74 Å². The van der Waals surface area contributed by atoms with Crippen molar-refractivity contribution < 1.29 is 53.0 Å². The van der Waals surface area contributed by atoms with Crippen LogP contribution in [0.25, 0.3) is 0 Å². The SMILES string of the molecule is C=CCC(OC(F)(F)C(F)=C(F)F)(C(F)(F)F)C(F)(F)F. The van der Waals surface area contributed by atoms with Gasteiger partial charge in [0.25, 0.3) is 11.4 Å². The Balaban J connectivity index is 6.09. The average Bonchev–Trinajstić information content (AvgIpc) is 2.23. The van der Waals surface area contributed by atoms with Crippen molar-refractivity contribution in [3.8, 4) is 0 Å². The van der Waals surface area contributed by atoms with E-state index in [0.29, 0.717) is 0 Å². The first-order valence-electron chi connectivity index (χ1n) is 4.66. The molecule has 0 heterocycles. The van der Waals surface area contributed by atoms with Crippen molar-refractivity contribution in [1.29, 1.82) is 0 Å². The van der Waals surface area contributed by atoms with Gasteiger partial charge in [0, 0.05) is 6.42 Å². The molecule has 0 aliphatic rings. The van der Waals surface area contributed by atoms with Crippen LogP contribution in [-0.2, 0) is 4.74 Å². The normalized spacial score (nSPS) is 14.0. The van der Waals surface area contributed by atoms with Crippen LogP contribution in [0.1, 0.15) is 6.42 Å². The Hall–Kier alpha value is -1.33. The minimum Gasteiger partial charge on any atom is -0.288 e. The van der Waals surface area contributed by atoms with E-state index in [9.17, 15) is 48.3 Å². The van der Waals surface area contributed by atoms with Gasteiger partial charge in [-0.2, -0.15) is 48.3 Å². The van der Waals surface area contributed by atoms with Crippen LogP contribution < -0.4 is 0 Å². The molecule has 0 bridgehead atoms. The van der Waals surface area contributed by atoms with Crippen LogP contribution in [0.5, 0.6) is 0 Å². The highest BCUT2D eigenvalue weighted by Crippen LogP contribution is 2.52. The van der Waals surface area contributed by atoms with Crippen LogP contribution in [0.15, 0.2) is 24.6 Å². The summed E-state index contributed by atoms with van der Waals surface area (Å²) in [5.41, 5.74) is -5.60. The molecule has 0 amide bonds. The zero-order chi connectivity index (χ0) is 17.3. The van der Waals surface area contributed by atoms with E-state index in [1.807, 2.05) is 0 Å². The summed E-state index contributed by atoms with van der Waals surface area (Å²) in [6, 6.07) is 0. The number of hydrogen-bond donors (Lipinski definition) is 0. The topological polar surface area (TPSA) is 9.23 Å². The van der Waals surface area contributed by atoms with Crippen molar-refractivity contribution in [2.45, 2.75) is 30.5 Å². The van der Waals surface area contributed by atoms with Gasteiger partial charge in [0.1, 0.15) is 0 Å². The summed E-state index contributed by atoms with van der Waals surface area (Å²) in [6.45, 7) is 2.50. The lowest BCUT2D eigenvalue weighted by Gasteiger charge is -2.38. The molecule has 0 aliphatic carbocycles. The molecule has 0 aliphatic heterocycles. The summed E-state index contributed by atoms with van der Waals surface area (Å²) in [6.07, 6.45) is -25.4. The van der Waals surface area contributed by atoms with Crippen LogP contribution in [0.2, 0.25) is 0 Å². The van der Waals surface area contributed by atoms with Gasteiger partial charge < -0.3 is 0 Å². The third-order valence-electron chi connectivity index (χ3n) is 2.07. The fraction of sp³-hybridized carbons (Fsp3) is 0.556. The van der Waals surface area contributed by atoms with Gasteiger partial charge in [-0.15, -0.1) is 6.58 Å². The van der Waals surface area contributed by atoms with Crippen LogP contribution in [0.3, 0.4) is 0 Å². The molecule has 0 saturated heterocycles. The lowest BCUT2D eigenvalue weighted by Crippen LogP contribution is -2.61. The number of alkyl halides is 8. The largest absolute Gasteiger partial charge is 0.427 e. The molecule has 0 aromatic rings. The van der Waals surface area contributed by atoms with E-state index in [0.717, 1.165) is 0 Å². The quantitative estimate of drug-likeness (QED) is 0.500. The van der Waals surface area contributed by atoms with Crippen LogP contribution in [0, 0.1) is 0 Å². The molecule has 124 valence electrons. The van der Waals surface area contributed by atoms with E-state index < -0.39 is 42.4 Å². The molecule has 0 rings (SSSR count). The first-order chi connectivity index (χ1) is 9.12. The smallest absolute Gasteiger partial charge is 0.288 e. The van der Waals surface area contributed by atoms with Gasteiger partial charge in [-0.25, -0.2) is 0 Å². The minimum atomic E-state index is -6.50. The second kappa shape index (κ2) is 5.81. The summed E-state index contributed by atoms with van der Waals surface area (Å²) in [5.74, 6) is -3.86. The van der Waals surface area contributed by atoms with Gasteiger partial charge in [0.2, 0.25) is 0 Å². The van der Waals surface area contributed by atoms with E-state index in [-0.39, 0.29) is 6.08 Å². The maximum atomic E-state index is 12.8. The van der Waals surface area contributed by atoms with Crippen molar-refractivity contribution >= 4 is 0 Å². The highest BCUT2D eigenvalue weighted by Gasteiger charge is 2.74. The number of hydrogen-bond acceptors (Lipinski definition) is 1. The van der Waals surface area contributed by atoms with Crippen LogP contribution in [0.4, 0.5) is 48.3 Å². The first-order valence-corrected chi connectivity index (χ1v) is 4.66. The molecule has 0 fully saturated rings. The van der Waals surface area contributed by atoms with Crippen molar-refractivity contribution in [2.24, 2.45) is 0 Å². The highest BCUT2D eigenvalue weighted by molar-refractivity contribution is 5.06. The second-order valence-corrected chi connectivity index (χ2v) is 3.51. The standard InChI is InChI=1S/C9H5F11O/c1-2-3-6(8(15,16)17,9(18,19)20)21-7(13,14)4(10)5(11)12/h2H,1,3H2. The van der Waals surface area contributed by atoms with E-state index in [2.05, 4.69) is 11.3 Å². The van der Waals surface area contributed by atoms with E-state index in [1.54, 1.807) is 0 Å².